The van der Waals surface area contributed by atoms with Crippen LogP contribution in [-0.2, 0) is 11.0 Å². The Balaban J connectivity index is 2.57. The number of hydrogen-bond acceptors (Lipinski definition) is 6. The highest BCUT2D eigenvalue weighted by Gasteiger charge is 2.32. The third kappa shape index (κ3) is 10.7. The summed E-state index contributed by atoms with van der Waals surface area (Å²) < 4.78 is 39.9. The van der Waals surface area contributed by atoms with E-state index in [1.807, 2.05) is 12.1 Å². The van der Waals surface area contributed by atoms with Crippen molar-refractivity contribution in [3.05, 3.63) is 47.0 Å². The zero-order chi connectivity index (χ0) is 32.0. The number of rotatable bonds is 16. The van der Waals surface area contributed by atoms with Gasteiger partial charge in [0, 0.05) is 25.7 Å². The van der Waals surface area contributed by atoms with E-state index in [2.05, 4.69) is 48.1 Å². The van der Waals surface area contributed by atoms with Crippen LogP contribution in [0.4, 0.5) is 35.9 Å². The van der Waals surface area contributed by atoms with Crippen LogP contribution in [0.25, 0.3) is 0 Å². The predicted molar refractivity (Wildman–Crippen MR) is 165 cm³/mol. The Morgan fingerprint density at radius 3 is 1.86 bits per heavy atom. The summed E-state index contributed by atoms with van der Waals surface area (Å²) in [7, 11) is 0. The molecule has 7 nitrogen and oxygen atoms in total. The fourth-order valence-electron chi connectivity index (χ4n) is 5.02. The number of nitrogens with one attached hydrogen (secondary N) is 1. The van der Waals surface area contributed by atoms with Crippen LogP contribution < -0.4 is 10.2 Å². The molecular formula is C33H43F3N6O. The van der Waals surface area contributed by atoms with E-state index < -0.39 is 22.9 Å². The Morgan fingerprint density at radius 2 is 1.44 bits per heavy atom. The number of halogens is 3. The molecule has 0 bridgehead atoms. The summed E-state index contributed by atoms with van der Waals surface area (Å²) in [5, 5.41) is 30.0. The quantitative estimate of drug-likeness (QED) is 0.195. The molecule has 0 aliphatic carbocycles. The Kier molecular flexibility index (Phi) is 14.2. The molecule has 1 N–H and O–H groups in total. The van der Waals surface area contributed by atoms with Crippen LogP contribution >= 0.6 is 0 Å². The minimum atomic E-state index is -4.73. The SMILES string of the molecule is CCCCC(CC)CN(CC(CC)CCCC)c1ccc(N=Nc2c(C#N)cc(C(F)(F)F)cc2C#N)c(NC(C)=O)c1. The summed E-state index contributed by atoms with van der Waals surface area (Å²) in [5.74, 6) is 0.704. The van der Waals surface area contributed by atoms with Crippen LogP contribution in [0.3, 0.4) is 0 Å². The summed E-state index contributed by atoms with van der Waals surface area (Å²) >= 11 is 0. The summed E-state index contributed by atoms with van der Waals surface area (Å²) in [5.41, 5.74) is -0.660. The van der Waals surface area contributed by atoms with Gasteiger partial charge in [-0.2, -0.15) is 23.7 Å². The predicted octanol–water partition coefficient (Wildman–Crippen LogP) is 10.1. The molecule has 2 atom stereocenters. The molecule has 232 valence electrons. The lowest BCUT2D eigenvalue weighted by atomic mass is 9.95. The molecule has 10 heteroatoms. The van der Waals surface area contributed by atoms with E-state index in [0.29, 0.717) is 29.7 Å². The lowest BCUT2D eigenvalue weighted by Crippen LogP contribution is -2.34. The van der Waals surface area contributed by atoms with Gasteiger partial charge in [-0.25, -0.2) is 0 Å². The molecular weight excluding hydrogens is 553 g/mol. The summed E-state index contributed by atoms with van der Waals surface area (Å²) in [4.78, 5) is 14.5. The first kappa shape index (κ1) is 35.3. The molecule has 2 aromatic carbocycles. The molecule has 0 fully saturated rings. The van der Waals surface area contributed by atoms with Gasteiger partial charge in [-0.05, 0) is 55.0 Å². The highest BCUT2D eigenvalue weighted by atomic mass is 19.4. The maximum atomic E-state index is 13.3. The van der Waals surface area contributed by atoms with Crippen LogP contribution in [-0.4, -0.2) is 19.0 Å². The number of carbonyl (C=O) groups excluding carboxylic acids is 1. The third-order valence-electron chi connectivity index (χ3n) is 7.64. The Bertz CT molecular complexity index is 1270. The number of azo groups is 1. The number of nitrogens with zero attached hydrogens (tertiary/aromatic N) is 5. The summed E-state index contributed by atoms with van der Waals surface area (Å²) in [6.07, 6.45) is 4.25. The number of carbonyl (C=O) groups is 1. The first-order valence-electron chi connectivity index (χ1n) is 15.1. The van der Waals surface area contributed by atoms with Gasteiger partial charge in [-0.15, -0.1) is 10.2 Å². The molecule has 0 radical (unpaired) electrons. The minimum Gasteiger partial charge on any atom is -0.371 e. The maximum absolute atomic E-state index is 13.3. The van der Waals surface area contributed by atoms with Gasteiger partial charge in [0.1, 0.15) is 23.5 Å². The van der Waals surface area contributed by atoms with E-state index >= 15 is 0 Å². The van der Waals surface area contributed by atoms with E-state index in [-0.39, 0.29) is 17.3 Å². The molecule has 43 heavy (non-hydrogen) atoms. The fraction of sp³-hybridized carbons (Fsp3) is 0.545. The maximum Gasteiger partial charge on any atom is 0.416 e. The largest absolute Gasteiger partial charge is 0.416 e. The zero-order valence-electron chi connectivity index (χ0n) is 25.9. The number of nitriles is 2. The molecule has 0 aliphatic heterocycles. The number of benzene rings is 2. The second kappa shape index (κ2) is 17.3. The average Bonchev–Trinajstić information content (AvgIpc) is 2.98. The van der Waals surface area contributed by atoms with E-state index in [1.54, 1.807) is 18.2 Å². The fourth-order valence-corrected chi connectivity index (χ4v) is 5.02. The van der Waals surface area contributed by atoms with Crippen molar-refractivity contribution in [1.82, 2.24) is 0 Å². The molecule has 2 rings (SSSR count). The van der Waals surface area contributed by atoms with Crippen molar-refractivity contribution in [2.45, 2.75) is 92.2 Å². The summed E-state index contributed by atoms with van der Waals surface area (Å²) in [6, 6.07) is 10.1. The Hall–Kier alpha value is -3.92. The van der Waals surface area contributed by atoms with Crippen molar-refractivity contribution in [3.8, 4) is 12.1 Å². The van der Waals surface area contributed by atoms with E-state index in [0.717, 1.165) is 70.1 Å². The first-order chi connectivity index (χ1) is 20.5. The molecule has 0 aromatic heterocycles. The molecule has 2 aromatic rings. The van der Waals surface area contributed by atoms with E-state index in [9.17, 15) is 28.5 Å². The van der Waals surface area contributed by atoms with Crippen LogP contribution in [0.5, 0.6) is 0 Å². The van der Waals surface area contributed by atoms with Gasteiger partial charge >= 0.3 is 6.18 Å². The van der Waals surface area contributed by atoms with E-state index in [4.69, 9.17) is 0 Å². The van der Waals surface area contributed by atoms with Gasteiger partial charge in [-0.3, -0.25) is 4.79 Å². The Labute approximate surface area is 253 Å². The monoisotopic (exact) mass is 596 g/mol. The smallest absolute Gasteiger partial charge is 0.371 e. The minimum absolute atomic E-state index is 0.252. The lowest BCUT2D eigenvalue weighted by molar-refractivity contribution is -0.137. The van der Waals surface area contributed by atoms with Crippen molar-refractivity contribution in [1.29, 1.82) is 10.5 Å². The van der Waals surface area contributed by atoms with Crippen LogP contribution in [0, 0.1) is 34.5 Å². The highest BCUT2D eigenvalue weighted by Crippen LogP contribution is 2.37. The molecule has 1 amide bonds. The second-order valence-electron chi connectivity index (χ2n) is 11.0. The molecule has 0 heterocycles. The first-order valence-corrected chi connectivity index (χ1v) is 15.1. The van der Waals surface area contributed by atoms with Crippen molar-refractivity contribution < 1.29 is 18.0 Å². The third-order valence-corrected chi connectivity index (χ3v) is 7.64. The lowest BCUT2D eigenvalue weighted by Gasteiger charge is -2.33. The second-order valence-corrected chi connectivity index (χ2v) is 11.0. The number of amides is 1. The van der Waals surface area contributed by atoms with Gasteiger partial charge in [0.15, 0.2) is 0 Å². The van der Waals surface area contributed by atoms with Crippen molar-refractivity contribution in [2.24, 2.45) is 22.1 Å². The molecule has 0 spiro atoms. The summed E-state index contributed by atoms with van der Waals surface area (Å²) in [6.45, 7) is 11.9. The number of unbranched alkanes of at least 4 members (excludes halogenated alkanes) is 2. The van der Waals surface area contributed by atoms with Gasteiger partial charge < -0.3 is 10.2 Å². The van der Waals surface area contributed by atoms with Gasteiger partial charge in [0.25, 0.3) is 0 Å². The molecule has 0 saturated heterocycles. The molecule has 2 unspecified atom stereocenters. The number of anilines is 2. The van der Waals surface area contributed by atoms with Crippen LogP contribution in [0.1, 0.15) is 103 Å². The Morgan fingerprint density at radius 1 is 0.907 bits per heavy atom. The highest BCUT2D eigenvalue weighted by molar-refractivity contribution is 5.93. The van der Waals surface area contributed by atoms with Crippen molar-refractivity contribution >= 4 is 28.7 Å². The molecule has 0 saturated carbocycles. The number of hydrogen-bond donors (Lipinski definition) is 1. The van der Waals surface area contributed by atoms with Gasteiger partial charge in [0.05, 0.1) is 22.4 Å². The number of alkyl halides is 3. The van der Waals surface area contributed by atoms with Crippen molar-refractivity contribution in [2.75, 3.05) is 23.3 Å². The molecule has 0 aliphatic rings. The van der Waals surface area contributed by atoms with Crippen molar-refractivity contribution in [3.63, 3.8) is 0 Å². The normalized spacial score (nSPS) is 12.9. The van der Waals surface area contributed by atoms with Gasteiger partial charge in [0.2, 0.25) is 5.91 Å². The van der Waals surface area contributed by atoms with Crippen LogP contribution in [0.15, 0.2) is 40.6 Å². The van der Waals surface area contributed by atoms with Crippen LogP contribution in [0.2, 0.25) is 0 Å². The van der Waals surface area contributed by atoms with E-state index in [1.165, 1.54) is 6.92 Å². The average molecular weight is 597 g/mol. The zero-order valence-corrected chi connectivity index (χ0v) is 25.9. The van der Waals surface area contributed by atoms with Gasteiger partial charge in [-0.1, -0.05) is 66.2 Å². The standard InChI is InChI=1S/C33H43F3N6O/c1-6-10-12-24(8-3)21-42(22-25(9-4)13-11-7-2)29-14-15-30(31(18-29)39-23(5)43)40-41-32-26(19-37)16-28(33(34,35)36)17-27(32)20-38/h14-18,24-25H,6-13,21-22H2,1-5H3,(H,39,43). The topological polar surface area (TPSA) is 105 Å².